The SMILES string of the molecule is COc1ccc(CC(=O)NC[C@@H](c2cccs2)N2CCc3ccccc3C2)cc1. The summed E-state index contributed by atoms with van der Waals surface area (Å²) in [5, 5.41) is 5.27. The van der Waals surface area contributed by atoms with E-state index in [1.807, 2.05) is 24.3 Å². The van der Waals surface area contributed by atoms with Gasteiger partial charge in [-0.05, 0) is 46.7 Å². The number of carbonyl (C=O) groups excluding carboxylic acids is 1. The minimum Gasteiger partial charge on any atom is -0.497 e. The largest absolute Gasteiger partial charge is 0.497 e. The zero-order valence-electron chi connectivity index (χ0n) is 16.6. The highest BCUT2D eigenvalue weighted by atomic mass is 32.1. The van der Waals surface area contributed by atoms with Crippen molar-refractivity contribution < 1.29 is 9.53 Å². The average molecular weight is 407 g/mol. The number of nitrogens with zero attached hydrogens (tertiary/aromatic N) is 1. The molecule has 1 aliphatic heterocycles. The van der Waals surface area contributed by atoms with Crippen molar-refractivity contribution in [1.29, 1.82) is 0 Å². The lowest BCUT2D eigenvalue weighted by molar-refractivity contribution is -0.120. The monoisotopic (exact) mass is 406 g/mol. The molecule has 4 rings (SSSR count). The summed E-state index contributed by atoms with van der Waals surface area (Å²) in [6, 6.07) is 20.8. The molecule has 3 aromatic rings. The first-order chi connectivity index (χ1) is 14.2. The van der Waals surface area contributed by atoms with Crippen molar-refractivity contribution in [2.75, 3.05) is 20.2 Å². The molecule has 0 spiro atoms. The summed E-state index contributed by atoms with van der Waals surface area (Å²) < 4.78 is 5.18. The van der Waals surface area contributed by atoms with E-state index in [1.165, 1.54) is 16.0 Å². The maximum atomic E-state index is 12.6. The van der Waals surface area contributed by atoms with Crippen molar-refractivity contribution in [3.8, 4) is 5.75 Å². The van der Waals surface area contributed by atoms with Gasteiger partial charge in [0.25, 0.3) is 0 Å². The van der Waals surface area contributed by atoms with Crippen LogP contribution in [0.3, 0.4) is 0 Å². The van der Waals surface area contributed by atoms with Crippen LogP contribution in [0.4, 0.5) is 0 Å². The molecule has 4 nitrogen and oxygen atoms in total. The van der Waals surface area contributed by atoms with Crippen molar-refractivity contribution in [3.63, 3.8) is 0 Å². The minimum atomic E-state index is 0.0501. The summed E-state index contributed by atoms with van der Waals surface area (Å²) in [4.78, 5) is 16.4. The smallest absolute Gasteiger partial charge is 0.224 e. The van der Waals surface area contributed by atoms with E-state index < -0.39 is 0 Å². The van der Waals surface area contributed by atoms with Gasteiger partial charge in [0.15, 0.2) is 0 Å². The van der Waals surface area contributed by atoms with Gasteiger partial charge >= 0.3 is 0 Å². The van der Waals surface area contributed by atoms with Gasteiger partial charge in [0.1, 0.15) is 5.75 Å². The van der Waals surface area contributed by atoms with Gasteiger partial charge < -0.3 is 10.1 Å². The first-order valence-electron chi connectivity index (χ1n) is 9.97. The van der Waals surface area contributed by atoms with Gasteiger partial charge in [-0.3, -0.25) is 9.69 Å². The summed E-state index contributed by atoms with van der Waals surface area (Å²) in [6.45, 7) is 2.55. The van der Waals surface area contributed by atoms with Gasteiger partial charge in [-0.25, -0.2) is 0 Å². The highest BCUT2D eigenvalue weighted by Crippen LogP contribution is 2.30. The lowest BCUT2D eigenvalue weighted by Crippen LogP contribution is -2.40. The molecular weight excluding hydrogens is 380 g/mol. The molecule has 1 aliphatic rings. The molecule has 0 radical (unpaired) electrons. The van der Waals surface area contributed by atoms with Crippen molar-refractivity contribution in [1.82, 2.24) is 10.2 Å². The maximum Gasteiger partial charge on any atom is 0.224 e. The maximum absolute atomic E-state index is 12.6. The molecule has 0 bridgehead atoms. The topological polar surface area (TPSA) is 41.6 Å². The molecule has 2 heterocycles. The number of ether oxygens (including phenoxy) is 1. The van der Waals surface area contributed by atoms with E-state index >= 15 is 0 Å². The number of methoxy groups -OCH3 is 1. The average Bonchev–Trinajstić information content (AvgIpc) is 3.29. The standard InChI is InChI=1S/C24H26N2O2S/c1-28-21-10-8-18(9-11-21)15-24(27)25-16-22(23-7-4-14-29-23)26-13-12-19-5-2-3-6-20(19)17-26/h2-11,14,22H,12-13,15-17H2,1H3,(H,25,27)/t22-/m0/s1. The zero-order chi connectivity index (χ0) is 20.1. The summed E-state index contributed by atoms with van der Waals surface area (Å²) in [5.74, 6) is 0.853. The molecular formula is C24H26N2O2S. The molecule has 1 amide bonds. The van der Waals surface area contributed by atoms with E-state index in [0.717, 1.165) is 30.8 Å². The van der Waals surface area contributed by atoms with Crippen molar-refractivity contribution >= 4 is 17.2 Å². The van der Waals surface area contributed by atoms with Crippen LogP contribution in [0.5, 0.6) is 5.75 Å². The molecule has 0 aliphatic carbocycles. The van der Waals surface area contributed by atoms with E-state index in [1.54, 1.807) is 18.4 Å². The summed E-state index contributed by atoms with van der Waals surface area (Å²) in [5.41, 5.74) is 3.82. The van der Waals surface area contributed by atoms with Gasteiger partial charge in [0, 0.05) is 24.5 Å². The third-order valence-electron chi connectivity index (χ3n) is 5.49. The quantitative estimate of drug-likeness (QED) is 0.639. The van der Waals surface area contributed by atoms with Crippen LogP contribution in [0.1, 0.15) is 27.6 Å². The van der Waals surface area contributed by atoms with Crippen LogP contribution in [0.15, 0.2) is 66.0 Å². The molecule has 0 saturated carbocycles. The first kappa shape index (κ1) is 19.7. The van der Waals surface area contributed by atoms with Crippen molar-refractivity contribution in [3.05, 3.63) is 87.6 Å². The molecule has 150 valence electrons. The fraction of sp³-hybridized carbons (Fsp3) is 0.292. The molecule has 0 fully saturated rings. The van der Waals surface area contributed by atoms with Crippen LogP contribution >= 0.6 is 11.3 Å². The summed E-state index contributed by atoms with van der Waals surface area (Å²) in [7, 11) is 1.64. The van der Waals surface area contributed by atoms with Gasteiger partial charge in [-0.1, -0.05) is 42.5 Å². The number of amides is 1. The third-order valence-corrected chi connectivity index (χ3v) is 6.46. The Morgan fingerprint density at radius 3 is 2.62 bits per heavy atom. The molecule has 1 atom stereocenters. The third kappa shape index (κ3) is 4.86. The predicted molar refractivity (Wildman–Crippen MR) is 117 cm³/mol. The fourth-order valence-corrected chi connectivity index (χ4v) is 4.74. The van der Waals surface area contributed by atoms with Gasteiger partial charge in [0.2, 0.25) is 5.91 Å². The molecule has 5 heteroatoms. The highest BCUT2D eigenvalue weighted by molar-refractivity contribution is 7.10. The van der Waals surface area contributed by atoms with Crippen molar-refractivity contribution in [2.45, 2.75) is 25.4 Å². The Balaban J connectivity index is 1.41. The van der Waals surface area contributed by atoms with Crippen LogP contribution in [0.2, 0.25) is 0 Å². The first-order valence-corrected chi connectivity index (χ1v) is 10.8. The minimum absolute atomic E-state index is 0.0501. The number of benzene rings is 2. The van der Waals surface area contributed by atoms with Crippen LogP contribution in [-0.4, -0.2) is 31.0 Å². The van der Waals surface area contributed by atoms with Crippen molar-refractivity contribution in [2.24, 2.45) is 0 Å². The van der Waals surface area contributed by atoms with Crippen LogP contribution in [0.25, 0.3) is 0 Å². The Morgan fingerprint density at radius 1 is 1.10 bits per heavy atom. The zero-order valence-corrected chi connectivity index (χ0v) is 17.5. The molecule has 0 saturated heterocycles. The fourth-order valence-electron chi connectivity index (χ4n) is 3.88. The highest BCUT2D eigenvalue weighted by Gasteiger charge is 2.25. The van der Waals surface area contributed by atoms with Gasteiger partial charge in [-0.15, -0.1) is 11.3 Å². The summed E-state index contributed by atoms with van der Waals surface area (Å²) in [6.07, 6.45) is 1.43. The lowest BCUT2D eigenvalue weighted by Gasteiger charge is -2.35. The molecule has 1 N–H and O–H groups in total. The number of nitrogens with one attached hydrogen (secondary N) is 1. The van der Waals surface area contributed by atoms with Crippen LogP contribution in [-0.2, 0) is 24.2 Å². The van der Waals surface area contributed by atoms with Crippen LogP contribution in [0, 0.1) is 0 Å². The van der Waals surface area contributed by atoms with Gasteiger partial charge in [-0.2, -0.15) is 0 Å². The summed E-state index contributed by atoms with van der Waals surface area (Å²) >= 11 is 1.76. The second-order valence-electron chi connectivity index (χ2n) is 7.35. The molecule has 0 unspecified atom stereocenters. The predicted octanol–water partition coefficient (Wildman–Crippen LogP) is 4.22. The Hall–Kier alpha value is -2.63. The molecule has 1 aromatic heterocycles. The molecule has 2 aromatic carbocycles. The number of hydrogen-bond donors (Lipinski definition) is 1. The van der Waals surface area contributed by atoms with E-state index in [0.29, 0.717) is 13.0 Å². The lowest BCUT2D eigenvalue weighted by atomic mass is 9.98. The Labute approximate surface area is 176 Å². The van der Waals surface area contributed by atoms with E-state index in [9.17, 15) is 4.79 Å². The number of rotatable bonds is 7. The Kier molecular flexibility index (Phi) is 6.27. The van der Waals surface area contributed by atoms with E-state index in [2.05, 4.69) is 52.0 Å². The second-order valence-corrected chi connectivity index (χ2v) is 8.33. The van der Waals surface area contributed by atoms with E-state index in [4.69, 9.17) is 4.74 Å². The van der Waals surface area contributed by atoms with Gasteiger partial charge in [0.05, 0.1) is 19.6 Å². The molecule has 29 heavy (non-hydrogen) atoms. The van der Waals surface area contributed by atoms with E-state index in [-0.39, 0.29) is 11.9 Å². The van der Waals surface area contributed by atoms with Crippen LogP contribution < -0.4 is 10.1 Å². The number of hydrogen-bond acceptors (Lipinski definition) is 4. The Bertz CT molecular complexity index is 938. The number of fused-ring (bicyclic) bond motifs is 1. The Morgan fingerprint density at radius 2 is 1.90 bits per heavy atom. The second kappa shape index (κ2) is 9.25. The number of thiophene rings is 1. The normalized spacial score (nSPS) is 14.8. The number of carbonyl (C=O) groups is 1.